The molecule has 0 fully saturated rings. The summed E-state index contributed by atoms with van der Waals surface area (Å²) in [4.78, 5) is 12.0. The standard InChI is InChI=1S/C17H27NO2/c1-2-3-4-5-6-7-10-15(17(20)13-18)14-11-8-9-12-16(14)19/h8-9,11-12,15,19H,2-7,10,13,18H2,1H3. The number of carbonyl (C=O) groups is 1. The SMILES string of the molecule is CCCCCCCCC(C(=O)CN)c1ccccc1O. The van der Waals surface area contributed by atoms with Gasteiger partial charge in [0.15, 0.2) is 5.78 Å². The van der Waals surface area contributed by atoms with Crippen molar-refractivity contribution in [3.8, 4) is 5.75 Å². The Bertz CT molecular complexity index is 404. The number of hydrogen-bond donors (Lipinski definition) is 2. The van der Waals surface area contributed by atoms with Crippen LogP contribution in [0, 0.1) is 0 Å². The number of carbonyl (C=O) groups excluding carboxylic acids is 1. The zero-order valence-corrected chi connectivity index (χ0v) is 12.5. The van der Waals surface area contributed by atoms with Gasteiger partial charge in [0.25, 0.3) is 0 Å². The third-order valence-corrected chi connectivity index (χ3v) is 3.75. The lowest BCUT2D eigenvalue weighted by Crippen LogP contribution is -2.22. The first-order valence-corrected chi connectivity index (χ1v) is 7.71. The zero-order chi connectivity index (χ0) is 14.8. The number of aromatic hydroxyl groups is 1. The molecule has 0 radical (unpaired) electrons. The van der Waals surface area contributed by atoms with Gasteiger partial charge < -0.3 is 10.8 Å². The van der Waals surface area contributed by atoms with E-state index in [4.69, 9.17) is 5.73 Å². The summed E-state index contributed by atoms with van der Waals surface area (Å²) in [6, 6.07) is 7.08. The first-order valence-electron chi connectivity index (χ1n) is 7.71. The Morgan fingerprint density at radius 1 is 1.15 bits per heavy atom. The van der Waals surface area contributed by atoms with Crippen LogP contribution in [-0.2, 0) is 4.79 Å². The second-order valence-corrected chi connectivity index (χ2v) is 5.34. The van der Waals surface area contributed by atoms with Crippen LogP contribution in [0.2, 0.25) is 0 Å². The maximum absolute atomic E-state index is 12.0. The summed E-state index contributed by atoms with van der Waals surface area (Å²) < 4.78 is 0. The van der Waals surface area contributed by atoms with E-state index >= 15 is 0 Å². The Kier molecular flexibility index (Phi) is 7.97. The molecular formula is C17H27NO2. The molecule has 20 heavy (non-hydrogen) atoms. The van der Waals surface area contributed by atoms with Crippen LogP contribution in [0.4, 0.5) is 0 Å². The van der Waals surface area contributed by atoms with Gasteiger partial charge in [0.2, 0.25) is 0 Å². The Labute approximate surface area is 122 Å². The molecule has 0 heterocycles. The van der Waals surface area contributed by atoms with Gasteiger partial charge in [-0.1, -0.05) is 63.6 Å². The topological polar surface area (TPSA) is 63.3 Å². The minimum absolute atomic E-state index is 0.0139. The summed E-state index contributed by atoms with van der Waals surface area (Å²) in [5.41, 5.74) is 6.22. The van der Waals surface area contributed by atoms with Gasteiger partial charge in [0, 0.05) is 11.5 Å². The number of nitrogens with two attached hydrogens (primary N) is 1. The van der Waals surface area contributed by atoms with E-state index in [0.29, 0.717) is 0 Å². The molecule has 1 aromatic rings. The van der Waals surface area contributed by atoms with Crippen molar-refractivity contribution in [3.05, 3.63) is 29.8 Å². The van der Waals surface area contributed by atoms with E-state index in [1.807, 2.05) is 12.1 Å². The van der Waals surface area contributed by atoms with Crippen LogP contribution in [0.5, 0.6) is 5.75 Å². The number of unbranched alkanes of at least 4 members (excludes halogenated alkanes) is 5. The van der Waals surface area contributed by atoms with Gasteiger partial charge in [0.1, 0.15) is 5.75 Å². The van der Waals surface area contributed by atoms with Gasteiger partial charge in [-0.2, -0.15) is 0 Å². The number of ketones is 1. The molecule has 3 nitrogen and oxygen atoms in total. The van der Waals surface area contributed by atoms with Crippen LogP contribution in [0.3, 0.4) is 0 Å². The molecule has 0 saturated carbocycles. The average Bonchev–Trinajstić information content (AvgIpc) is 2.47. The van der Waals surface area contributed by atoms with Gasteiger partial charge in [0.05, 0.1) is 6.54 Å². The van der Waals surface area contributed by atoms with Crippen molar-refractivity contribution >= 4 is 5.78 Å². The maximum Gasteiger partial charge on any atom is 0.153 e. The summed E-state index contributed by atoms with van der Waals surface area (Å²) in [7, 11) is 0. The molecule has 0 saturated heterocycles. The van der Waals surface area contributed by atoms with E-state index in [1.165, 1.54) is 25.7 Å². The predicted octanol–water partition coefficient (Wildman–Crippen LogP) is 3.75. The highest BCUT2D eigenvalue weighted by Gasteiger charge is 2.21. The number of para-hydroxylation sites is 1. The fourth-order valence-electron chi connectivity index (χ4n) is 2.54. The van der Waals surface area contributed by atoms with E-state index in [1.54, 1.807) is 12.1 Å². The lowest BCUT2D eigenvalue weighted by atomic mass is 9.88. The molecule has 1 rings (SSSR count). The molecule has 0 aliphatic heterocycles. The van der Waals surface area contributed by atoms with Crippen LogP contribution in [-0.4, -0.2) is 17.4 Å². The van der Waals surface area contributed by atoms with Crippen molar-refractivity contribution in [2.45, 2.75) is 57.8 Å². The molecular weight excluding hydrogens is 250 g/mol. The fraction of sp³-hybridized carbons (Fsp3) is 0.588. The lowest BCUT2D eigenvalue weighted by molar-refractivity contribution is -0.119. The molecule has 0 bridgehead atoms. The van der Waals surface area contributed by atoms with Gasteiger partial charge in [-0.3, -0.25) is 4.79 Å². The number of benzene rings is 1. The van der Waals surface area contributed by atoms with Crippen molar-refractivity contribution in [3.63, 3.8) is 0 Å². The minimum Gasteiger partial charge on any atom is -0.508 e. The highest BCUT2D eigenvalue weighted by Crippen LogP contribution is 2.30. The van der Waals surface area contributed by atoms with E-state index in [2.05, 4.69) is 6.92 Å². The van der Waals surface area contributed by atoms with Crippen molar-refractivity contribution in [1.29, 1.82) is 0 Å². The van der Waals surface area contributed by atoms with Crippen LogP contribution in [0.1, 0.15) is 63.4 Å². The minimum atomic E-state index is -0.257. The second kappa shape index (κ2) is 9.54. The van der Waals surface area contributed by atoms with Crippen molar-refractivity contribution in [2.24, 2.45) is 5.73 Å². The van der Waals surface area contributed by atoms with Gasteiger partial charge >= 0.3 is 0 Å². The molecule has 0 spiro atoms. The van der Waals surface area contributed by atoms with Crippen molar-refractivity contribution in [1.82, 2.24) is 0 Å². The van der Waals surface area contributed by atoms with Gasteiger partial charge in [-0.05, 0) is 12.5 Å². The Morgan fingerprint density at radius 2 is 1.80 bits per heavy atom. The molecule has 0 aliphatic rings. The van der Waals surface area contributed by atoms with E-state index < -0.39 is 0 Å². The highest BCUT2D eigenvalue weighted by molar-refractivity contribution is 5.87. The molecule has 0 amide bonds. The number of Topliss-reactive ketones (excluding diaryl/α,β-unsaturated/α-hetero) is 1. The number of phenols is 1. The first-order chi connectivity index (χ1) is 9.70. The molecule has 0 aliphatic carbocycles. The summed E-state index contributed by atoms with van der Waals surface area (Å²) in [5, 5.41) is 9.90. The van der Waals surface area contributed by atoms with E-state index in [9.17, 15) is 9.90 Å². The second-order valence-electron chi connectivity index (χ2n) is 5.34. The smallest absolute Gasteiger partial charge is 0.153 e. The largest absolute Gasteiger partial charge is 0.508 e. The molecule has 3 N–H and O–H groups in total. The third-order valence-electron chi connectivity index (χ3n) is 3.75. The average molecular weight is 277 g/mol. The van der Waals surface area contributed by atoms with Crippen LogP contribution >= 0.6 is 0 Å². The van der Waals surface area contributed by atoms with Crippen LogP contribution in [0.15, 0.2) is 24.3 Å². The lowest BCUT2D eigenvalue weighted by Gasteiger charge is -2.16. The fourth-order valence-corrected chi connectivity index (χ4v) is 2.54. The molecule has 0 aromatic heterocycles. The molecule has 3 heteroatoms. The van der Waals surface area contributed by atoms with Crippen LogP contribution < -0.4 is 5.73 Å². The van der Waals surface area contributed by atoms with Crippen LogP contribution in [0.25, 0.3) is 0 Å². The highest BCUT2D eigenvalue weighted by atomic mass is 16.3. The first kappa shape index (κ1) is 16.7. The van der Waals surface area contributed by atoms with E-state index in [-0.39, 0.29) is 24.0 Å². The molecule has 112 valence electrons. The monoisotopic (exact) mass is 277 g/mol. The zero-order valence-electron chi connectivity index (χ0n) is 12.5. The Balaban J connectivity index is 2.54. The normalized spacial score (nSPS) is 12.3. The maximum atomic E-state index is 12.0. The summed E-state index contributed by atoms with van der Waals surface area (Å²) >= 11 is 0. The van der Waals surface area contributed by atoms with Crippen molar-refractivity contribution in [2.75, 3.05) is 6.54 Å². The Hall–Kier alpha value is -1.35. The molecule has 1 unspecified atom stereocenters. The summed E-state index contributed by atoms with van der Waals surface area (Å²) in [6.07, 6.45) is 7.94. The Morgan fingerprint density at radius 3 is 2.45 bits per heavy atom. The van der Waals surface area contributed by atoms with Gasteiger partial charge in [-0.15, -0.1) is 0 Å². The predicted molar refractivity (Wildman–Crippen MR) is 82.9 cm³/mol. The number of rotatable bonds is 10. The quantitative estimate of drug-likeness (QED) is 0.640. The van der Waals surface area contributed by atoms with Crippen molar-refractivity contribution < 1.29 is 9.90 Å². The summed E-state index contributed by atoms with van der Waals surface area (Å²) in [5.74, 6) is -0.0438. The number of phenolic OH excluding ortho intramolecular Hbond substituents is 1. The van der Waals surface area contributed by atoms with Gasteiger partial charge in [-0.25, -0.2) is 0 Å². The number of hydrogen-bond acceptors (Lipinski definition) is 3. The molecule has 1 atom stereocenters. The third kappa shape index (κ3) is 5.33. The molecule has 1 aromatic carbocycles. The summed E-state index contributed by atoms with van der Waals surface area (Å²) in [6.45, 7) is 2.24. The van der Waals surface area contributed by atoms with E-state index in [0.717, 1.165) is 24.8 Å².